The quantitative estimate of drug-likeness (QED) is 0.678. The zero-order chi connectivity index (χ0) is 15.1. The van der Waals surface area contributed by atoms with Gasteiger partial charge in [-0.1, -0.05) is 37.6 Å². The Labute approximate surface area is 124 Å². The second-order valence-electron chi connectivity index (χ2n) is 5.75. The second-order valence-corrected chi connectivity index (χ2v) is 5.75. The van der Waals surface area contributed by atoms with E-state index in [0.29, 0.717) is 5.75 Å². The van der Waals surface area contributed by atoms with Crippen LogP contribution in [-0.2, 0) is 6.42 Å². The number of fused-ring (bicyclic) bond motifs is 3. The predicted molar refractivity (Wildman–Crippen MR) is 88.8 cm³/mol. The van der Waals surface area contributed by atoms with Gasteiger partial charge in [-0.15, -0.1) is 0 Å². The molecule has 1 N–H and O–H groups in total. The van der Waals surface area contributed by atoms with E-state index < -0.39 is 0 Å². The first-order chi connectivity index (χ1) is 10.0. The standard InChI is InChI=1S/C19H20O2/c1-5-6-13-9-15(20)18-16(10-13)21-19-12(4)7-8-14(11(2)3)17(18)19/h7-10,20H,2,5-6H2,1,3-4H3. The van der Waals surface area contributed by atoms with E-state index in [-0.39, 0.29) is 0 Å². The molecule has 0 atom stereocenters. The first-order valence-corrected chi connectivity index (χ1v) is 7.36. The number of allylic oxidation sites excluding steroid dienone is 1. The molecule has 0 saturated carbocycles. The molecule has 0 aliphatic carbocycles. The number of hydrogen-bond acceptors (Lipinski definition) is 2. The van der Waals surface area contributed by atoms with Crippen LogP contribution in [0.15, 0.2) is 35.3 Å². The van der Waals surface area contributed by atoms with Crippen molar-refractivity contribution in [2.45, 2.75) is 33.6 Å². The van der Waals surface area contributed by atoms with Crippen molar-refractivity contribution in [2.75, 3.05) is 0 Å². The van der Waals surface area contributed by atoms with E-state index in [1.54, 1.807) is 0 Å². The molecule has 1 aromatic heterocycles. The zero-order valence-corrected chi connectivity index (χ0v) is 12.8. The summed E-state index contributed by atoms with van der Waals surface area (Å²) in [5.74, 6) is 0.294. The number of aryl methyl sites for hydroxylation is 2. The van der Waals surface area contributed by atoms with Crippen LogP contribution in [0.2, 0.25) is 0 Å². The summed E-state index contributed by atoms with van der Waals surface area (Å²) < 4.78 is 6.04. The summed E-state index contributed by atoms with van der Waals surface area (Å²) in [6.07, 6.45) is 1.98. The molecule has 0 aliphatic heterocycles. The lowest BCUT2D eigenvalue weighted by Crippen LogP contribution is -1.85. The van der Waals surface area contributed by atoms with Gasteiger partial charge in [-0.05, 0) is 49.1 Å². The van der Waals surface area contributed by atoms with E-state index in [4.69, 9.17) is 4.42 Å². The van der Waals surface area contributed by atoms with Crippen LogP contribution in [0.25, 0.3) is 27.5 Å². The molecule has 0 radical (unpaired) electrons. The van der Waals surface area contributed by atoms with Crippen molar-refractivity contribution in [3.63, 3.8) is 0 Å². The molecule has 0 fully saturated rings. The largest absolute Gasteiger partial charge is 0.507 e. The molecule has 2 nitrogen and oxygen atoms in total. The average Bonchev–Trinajstić information content (AvgIpc) is 2.79. The first-order valence-electron chi connectivity index (χ1n) is 7.36. The molecule has 3 aromatic rings. The van der Waals surface area contributed by atoms with E-state index in [9.17, 15) is 5.11 Å². The molecule has 3 rings (SSSR count). The van der Waals surface area contributed by atoms with Crippen molar-refractivity contribution in [1.29, 1.82) is 0 Å². The molecule has 1 heterocycles. The highest BCUT2D eigenvalue weighted by molar-refractivity contribution is 6.13. The summed E-state index contributed by atoms with van der Waals surface area (Å²) in [7, 11) is 0. The smallest absolute Gasteiger partial charge is 0.139 e. The van der Waals surface area contributed by atoms with Crippen molar-refractivity contribution in [2.24, 2.45) is 0 Å². The second kappa shape index (κ2) is 4.96. The highest BCUT2D eigenvalue weighted by atomic mass is 16.3. The van der Waals surface area contributed by atoms with Crippen molar-refractivity contribution in [3.8, 4) is 5.75 Å². The lowest BCUT2D eigenvalue weighted by atomic mass is 9.98. The van der Waals surface area contributed by atoms with Gasteiger partial charge in [0.1, 0.15) is 16.9 Å². The van der Waals surface area contributed by atoms with Gasteiger partial charge in [-0.2, -0.15) is 0 Å². The third kappa shape index (κ3) is 2.11. The fraction of sp³-hybridized carbons (Fsp3) is 0.263. The molecule has 0 amide bonds. The number of phenols is 1. The van der Waals surface area contributed by atoms with Gasteiger partial charge in [0, 0.05) is 5.39 Å². The van der Waals surface area contributed by atoms with Gasteiger partial charge in [0.15, 0.2) is 0 Å². The highest BCUT2D eigenvalue weighted by Gasteiger charge is 2.17. The monoisotopic (exact) mass is 280 g/mol. The Morgan fingerprint density at radius 3 is 2.67 bits per heavy atom. The Morgan fingerprint density at radius 1 is 1.24 bits per heavy atom. The zero-order valence-electron chi connectivity index (χ0n) is 12.8. The number of benzene rings is 2. The van der Waals surface area contributed by atoms with Crippen LogP contribution in [0.1, 0.15) is 37.0 Å². The molecule has 0 aliphatic rings. The highest BCUT2D eigenvalue weighted by Crippen LogP contribution is 2.40. The SMILES string of the molecule is C=C(C)c1ccc(C)c2oc3cc(CCC)cc(O)c3c12. The van der Waals surface area contributed by atoms with Crippen molar-refractivity contribution in [1.82, 2.24) is 0 Å². The molecule has 0 bridgehead atoms. The molecule has 21 heavy (non-hydrogen) atoms. The summed E-state index contributed by atoms with van der Waals surface area (Å²) in [6.45, 7) is 10.2. The minimum absolute atomic E-state index is 0.294. The summed E-state index contributed by atoms with van der Waals surface area (Å²) >= 11 is 0. The first kappa shape index (κ1) is 13.7. The molecule has 0 spiro atoms. The van der Waals surface area contributed by atoms with Gasteiger partial charge in [0.05, 0.1) is 5.39 Å². The Morgan fingerprint density at radius 2 is 2.00 bits per heavy atom. The van der Waals surface area contributed by atoms with E-state index in [0.717, 1.165) is 57.0 Å². The van der Waals surface area contributed by atoms with Crippen LogP contribution in [0, 0.1) is 6.92 Å². The van der Waals surface area contributed by atoms with Crippen LogP contribution in [0.5, 0.6) is 5.75 Å². The lowest BCUT2D eigenvalue weighted by Gasteiger charge is -2.05. The van der Waals surface area contributed by atoms with Crippen LogP contribution in [0.3, 0.4) is 0 Å². The average molecular weight is 280 g/mol. The maximum absolute atomic E-state index is 10.5. The lowest BCUT2D eigenvalue weighted by molar-refractivity contribution is 0.480. The maximum atomic E-state index is 10.5. The van der Waals surface area contributed by atoms with E-state index in [1.165, 1.54) is 0 Å². The minimum Gasteiger partial charge on any atom is -0.507 e. The van der Waals surface area contributed by atoms with Crippen molar-refractivity contribution < 1.29 is 9.52 Å². The molecule has 0 saturated heterocycles. The molecular weight excluding hydrogens is 260 g/mol. The van der Waals surface area contributed by atoms with E-state index in [2.05, 4.69) is 13.5 Å². The number of aromatic hydroxyl groups is 1. The summed E-state index contributed by atoms with van der Waals surface area (Å²) in [5, 5.41) is 12.2. The summed E-state index contributed by atoms with van der Waals surface area (Å²) in [4.78, 5) is 0. The Hall–Kier alpha value is -2.22. The molecule has 0 unspecified atom stereocenters. The summed E-state index contributed by atoms with van der Waals surface area (Å²) in [6, 6.07) is 7.98. The number of furan rings is 1. The van der Waals surface area contributed by atoms with Crippen molar-refractivity contribution in [3.05, 3.63) is 47.5 Å². The van der Waals surface area contributed by atoms with Gasteiger partial charge < -0.3 is 9.52 Å². The fourth-order valence-corrected chi connectivity index (χ4v) is 2.95. The normalized spacial score (nSPS) is 11.4. The third-order valence-electron chi connectivity index (χ3n) is 3.96. The van der Waals surface area contributed by atoms with Crippen LogP contribution >= 0.6 is 0 Å². The molecule has 2 aromatic carbocycles. The van der Waals surface area contributed by atoms with Crippen LogP contribution in [-0.4, -0.2) is 5.11 Å². The Balaban J connectivity index is 2.46. The van der Waals surface area contributed by atoms with Gasteiger partial charge in [-0.3, -0.25) is 0 Å². The Kier molecular flexibility index (Phi) is 3.25. The fourth-order valence-electron chi connectivity index (χ4n) is 2.95. The van der Waals surface area contributed by atoms with Crippen LogP contribution in [0.4, 0.5) is 0 Å². The summed E-state index contributed by atoms with van der Waals surface area (Å²) in [5.41, 5.74) is 5.78. The maximum Gasteiger partial charge on any atom is 0.139 e. The van der Waals surface area contributed by atoms with E-state index >= 15 is 0 Å². The van der Waals surface area contributed by atoms with E-state index in [1.807, 2.05) is 38.1 Å². The molecule has 2 heteroatoms. The van der Waals surface area contributed by atoms with Gasteiger partial charge in [-0.25, -0.2) is 0 Å². The topological polar surface area (TPSA) is 33.4 Å². The minimum atomic E-state index is 0.294. The number of rotatable bonds is 3. The molecular formula is C19H20O2. The number of phenolic OH excluding ortho intramolecular Hbond substituents is 1. The predicted octanol–water partition coefficient (Wildman–Crippen LogP) is 5.59. The molecule has 108 valence electrons. The third-order valence-corrected chi connectivity index (χ3v) is 3.96. The number of hydrogen-bond donors (Lipinski definition) is 1. The van der Waals surface area contributed by atoms with Gasteiger partial charge >= 0.3 is 0 Å². The van der Waals surface area contributed by atoms with Gasteiger partial charge in [0.2, 0.25) is 0 Å². The Bertz CT molecular complexity index is 853. The van der Waals surface area contributed by atoms with Gasteiger partial charge in [0.25, 0.3) is 0 Å². The van der Waals surface area contributed by atoms with Crippen molar-refractivity contribution >= 4 is 27.5 Å². The van der Waals surface area contributed by atoms with Crippen LogP contribution < -0.4 is 0 Å².